The SMILES string of the molecule is O=C1NC(c2ccccc2)CC2=C1Sc1cc(OC(F)(F)F)ccc1C2. The first kappa shape index (κ1) is 17.0. The van der Waals surface area contributed by atoms with Crippen molar-refractivity contribution in [2.24, 2.45) is 0 Å². The molecule has 2 aliphatic heterocycles. The number of halogens is 3. The molecular weight excluding hydrogens is 363 g/mol. The van der Waals surface area contributed by atoms with E-state index in [0.717, 1.165) is 16.7 Å². The van der Waals surface area contributed by atoms with Gasteiger partial charge in [0, 0.05) is 4.90 Å². The average Bonchev–Trinajstić information content (AvgIpc) is 2.60. The number of thioether (sulfide) groups is 1. The fourth-order valence-electron chi connectivity index (χ4n) is 3.24. The predicted molar refractivity (Wildman–Crippen MR) is 91.7 cm³/mol. The van der Waals surface area contributed by atoms with Crippen LogP contribution in [0.3, 0.4) is 0 Å². The van der Waals surface area contributed by atoms with Crippen molar-refractivity contribution in [2.75, 3.05) is 0 Å². The molecule has 0 spiro atoms. The summed E-state index contributed by atoms with van der Waals surface area (Å²) in [4.78, 5) is 13.7. The number of nitrogens with one attached hydrogen (secondary N) is 1. The van der Waals surface area contributed by atoms with E-state index < -0.39 is 6.36 Å². The maximum absolute atomic E-state index is 12.5. The average molecular weight is 377 g/mol. The summed E-state index contributed by atoms with van der Waals surface area (Å²) in [6.45, 7) is 0. The quantitative estimate of drug-likeness (QED) is 0.821. The fraction of sp³-hybridized carbons (Fsp3) is 0.211. The highest BCUT2D eigenvalue weighted by Gasteiger charge is 2.34. The van der Waals surface area contributed by atoms with E-state index in [-0.39, 0.29) is 17.7 Å². The van der Waals surface area contributed by atoms with Crippen LogP contribution in [0, 0.1) is 0 Å². The van der Waals surface area contributed by atoms with Crippen molar-refractivity contribution in [3.05, 3.63) is 70.1 Å². The molecule has 1 N–H and O–H groups in total. The summed E-state index contributed by atoms with van der Waals surface area (Å²) in [7, 11) is 0. The molecule has 0 aromatic heterocycles. The van der Waals surface area contributed by atoms with Crippen LogP contribution in [0.25, 0.3) is 0 Å². The monoisotopic (exact) mass is 377 g/mol. The van der Waals surface area contributed by atoms with Gasteiger partial charge in [-0.15, -0.1) is 13.2 Å². The molecule has 4 rings (SSSR count). The molecule has 0 saturated heterocycles. The van der Waals surface area contributed by atoms with E-state index >= 15 is 0 Å². The molecule has 2 aromatic rings. The molecular formula is C19H14F3NO2S. The second-order valence-electron chi connectivity index (χ2n) is 6.17. The lowest BCUT2D eigenvalue weighted by Gasteiger charge is -2.31. The molecule has 1 amide bonds. The fourth-order valence-corrected chi connectivity index (χ4v) is 4.36. The first-order chi connectivity index (χ1) is 12.4. The van der Waals surface area contributed by atoms with Crippen molar-refractivity contribution in [2.45, 2.75) is 30.1 Å². The maximum atomic E-state index is 12.5. The van der Waals surface area contributed by atoms with Gasteiger partial charge in [-0.05, 0) is 41.7 Å². The summed E-state index contributed by atoms with van der Waals surface area (Å²) in [5.41, 5.74) is 2.96. The van der Waals surface area contributed by atoms with Crippen LogP contribution in [0.1, 0.15) is 23.6 Å². The van der Waals surface area contributed by atoms with E-state index in [0.29, 0.717) is 22.6 Å². The van der Waals surface area contributed by atoms with Gasteiger partial charge >= 0.3 is 6.36 Å². The molecule has 1 atom stereocenters. The number of rotatable bonds is 2. The molecule has 0 saturated carbocycles. The van der Waals surface area contributed by atoms with E-state index in [9.17, 15) is 18.0 Å². The summed E-state index contributed by atoms with van der Waals surface area (Å²) in [5, 5.41) is 2.99. The highest BCUT2D eigenvalue weighted by Crippen LogP contribution is 2.45. The molecule has 0 fully saturated rings. The largest absolute Gasteiger partial charge is 0.573 e. The van der Waals surface area contributed by atoms with E-state index in [1.54, 1.807) is 6.07 Å². The lowest BCUT2D eigenvalue weighted by Crippen LogP contribution is -2.35. The Morgan fingerprint density at radius 1 is 1.12 bits per heavy atom. The lowest BCUT2D eigenvalue weighted by atomic mass is 9.91. The van der Waals surface area contributed by atoms with Crippen LogP contribution >= 0.6 is 11.8 Å². The van der Waals surface area contributed by atoms with Gasteiger partial charge in [-0.2, -0.15) is 0 Å². The number of ether oxygens (including phenoxy) is 1. The number of carbonyl (C=O) groups excluding carboxylic acids is 1. The Balaban J connectivity index is 1.59. The molecule has 0 aliphatic carbocycles. The highest BCUT2D eigenvalue weighted by atomic mass is 32.2. The van der Waals surface area contributed by atoms with E-state index in [4.69, 9.17) is 0 Å². The number of fused-ring (bicyclic) bond motifs is 1. The van der Waals surface area contributed by atoms with Crippen molar-refractivity contribution in [3.63, 3.8) is 0 Å². The first-order valence-corrected chi connectivity index (χ1v) is 8.85. The van der Waals surface area contributed by atoms with Gasteiger partial charge in [0.2, 0.25) is 0 Å². The Kier molecular flexibility index (Phi) is 4.19. The summed E-state index contributed by atoms with van der Waals surface area (Å²) < 4.78 is 41.2. The molecule has 7 heteroatoms. The lowest BCUT2D eigenvalue weighted by molar-refractivity contribution is -0.274. The highest BCUT2D eigenvalue weighted by molar-refractivity contribution is 8.04. The number of hydrogen-bond donors (Lipinski definition) is 1. The molecule has 1 unspecified atom stereocenters. The smallest absolute Gasteiger partial charge is 0.406 e. The summed E-state index contributed by atoms with van der Waals surface area (Å²) >= 11 is 1.21. The zero-order valence-corrected chi connectivity index (χ0v) is 14.3. The number of amides is 1. The van der Waals surface area contributed by atoms with Gasteiger partial charge in [0.15, 0.2) is 0 Å². The van der Waals surface area contributed by atoms with E-state index in [2.05, 4.69) is 10.1 Å². The normalized spacial score (nSPS) is 19.5. The zero-order chi connectivity index (χ0) is 18.3. The van der Waals surface area contributed by atoms with Crippen molar-refractivity contribution < 1.29 is 22.7 Å². The van der Waals surface area contributed by atoms with Gasteiger partial charge in [-0.3, -0.25) is 4.79 Å². The Labute approximate surface area is 152 Å². The van der Waals surface area contributed by atoms with E-state index in [1.165, 1.54) is 23.9 Å². The standard InChI is InChI=1S/C19H14F3NO2S/c20-19(21,22)25-14-7-6-12-8-13-9-15(11-4-2-1-3-5-11)23-18(24)17(13)26-16(12)10-14/h1-7,10,15H,8-9H2,(H,23,24). The Morgan fingerprint density at radius 2 is 1.88 bits per heavy atom. The van der Waals surface area contributed by atoms with E-state index in [1.807, 2.05) is 30.3 Å². The van der Waals surface area contributed by atoms with Crippen LogP contribution in [0.2, 0.25) is 0 Å². The topological polar surface area (TPSA) is 38.3 Å². The summed E-state index contributed by atoms with van der Waals surface area (Å²) in [6.07, 6.45) is -3.48. The van der Waals surface area contributed by atoms with Gasteiger partial charge in [-0.1, -0.05) is 48.2 Å². The predicted octanol–water partition coefficient (Wildman–Crippen LogP) is 4.75. The van der Waals surface area contributed by atoms with Crippen LogP contribution in [0.4, 0.5) is 13.2 Å². The van der Waals surface area contributed by atoms with Gasteiger partial charge in [0.05, 0.1) is 10.9 Å². The summed E-state index contributed by atoms with van der Waals surface area (Å²) in [5.74, 6) is -0.455. The van der Waals surface area contributed by atoms with Crippen molar-refractivity contribution in [1.29, 1.82) is 0 Å². The second-order valence-corrected chi connectivity index (χ2v) is 7.22. The third-order valence-corrected chi connectivity index (χ3v) is 5.65. The first-order valence-electron chi connectivity index (χ1n) is 8.03. The van der Waals surface area contributed by atoms with Gasteiger partial charge < -0.3 is 10.1 Å². The molecule has 2 heterocycles. The van der Waals surface area contributed by atoms with Crippen molar-refractivity contribution >= 4 is 17.7 Å². The minimum atomic E-state index is -4.73. The minimum absolute atomic E-state index is 0.0857. The van der Waals surface area contributed by atoms with Crippen molar-refractivity contribution in [3.8, 4) is 5.75 Å². The maximum Gasteiger partial charge on any atom is 0.573 e. The van der Waals surface area contributed by atoms with Crippen LogP contribution in [-0.2, 0) is 11.2 Å². The third-order valence-electron chi connectivity index (χ3n) is 4.37. The molecule has 0 radical (unpaired) electrons. The molecule has 0 bridgehead atoms. The summed E-state index contributed by atoms with van der Waals surface area (Å²) in [6, 6.07) is 13.9. The minimum Gasteiger partial charge on any atom is -0.406 e. The van der Waals surface area contributed by atoms with Gasteiger partial charge in [0.25, 0.3) is 5.91 Å². The number of carbonyl (C=O) groups is 1. The third kappa shape index (κ3) is 3.44. The molecule has 26 heavy (non-hydrogen) atoms. The Hall–Kier alpha value is -2.41. The van der Waals surface area contributed by atoms with Crippen LogP contribution in [0.15, 0.2) is 63.9 Å². The van der Waals surface area contributed by atoms with Gasteiger partial charge in [0.1, 0.15) is 5.75 Å². The number of benzene rings is 2. The number of alkyl halides is 3. The Bertz CT molecular complexity index is 893. The van der Waals surface area contributed by atoms with Gasteiger partial charge in [-0.25, -0.2) is 0 Å². The van der Waals surface area contributed by atoms with Crippen LogP contribution < -0.4 is 10.1 Å². The molecule has 3 nitrogen and oxygen atoms in total. The molecule has 2 aromatic carbocycles. The van der Waals surface area contributed by atoms with Crippen LogP contribution in [0.5, 0.6) is 5.75 Å². The number of hydrogen-bond acceptors (Lipinski definition) is 3. The van der Waals surface area contributed by atoms with Crippen molar-refractivity contribution in [1.82, 2.24) is 5.32 Å². The Morgan fingerprint density at radius 3 is 2.62 bits per heavy atom. The van der Waals surface area contributed by atoms with Crippen LogP contribution in [-0.4, -0.2) is 12.3 Å². The zero-order valence-electron chi connectivity index (χ0n) is 13.5. The molecule has 2 aliphatic rings. The molecule has 134 valence electrons. The second kappa shape index (κ2) is 6.39.